The number of benzene rings is 1. The number of rotatable bonds is 10. The molecule has 20 heavy (non-hydrogen) atoms. The Morgan fingerprint density at radius 2 is 1.65 bits per heavy atom. The average Bonchev–Trinajstić information content (AvgIpc) is 2.48. The molecule has 1 rings (SSSR count). The van der Waals surface area contributed by atoms with Gasteiger partial charge in [-0.3, -0.25) is 4.79 Å². The molecule has 0 atom stereocenters. The summed E-state index contributed by atoms with van der Waals surface area (Å²) in [5, 5.41) is 0. The van der Waals surface area contributed by atoms with Crippen LogP contribution >= 0.6 is 0 Å². The average molecular weight is 284 g/mol. The number of carbonyl (C=O) groups is 1. The topological polar surface area (TPSA) is 63.2 Å². The van der Waals surface area contributed by atoms with Gasteiger partial charge in [0.25, 0.3) is 0 Å². The largest absolute Gasteiger partial charge is 0.492 e. The summed E-state index contributed by atoms with van der Waals surface area (Å²) in [5.74, 6) is 1.07. The molecule has 0 bridgehead atoms. The quantitative estimate of drug-likeness (QED) is 0.373. The maximum Gasteiger partial charge on any atom is 0.207 e. The van der Waals surface area contributed by atoms with Crippen molar-refractivity contribution in [2.24, 2.45) is 0 Å². The van der Waals surface area contributed by atoms with Crippen LogP contribution < -0.4 is 14.2 Å². The summed E-state index contributed by atoms with van der Waals surface area (Å²) >= 11 is 0. The second-order valence-corrected chi connectivity index (χ2v) is 3.64. The van der Waals surface area contributed by atoms with Gasteiger partial charge in [0.1, 0.15) is 0 Å². The summed E-state index contributed by atoms with van der Waals surface area (Å²) in [6.07, 6.45) is 0.693. The van der Waals surface area contributed by atoms with Gasteiger partial charge in [0.15, 0.2) is 31.4 Å². The third-order valence-corrected chi connectivity index (χ3v) is 2.43. The van der Waals surface area contributed by atoms with Gasteiger partial charge in [-0.15, -0.1) is 0 Å². The van der Waals surface area contributed by atoms with E-state index in [1.54, 1.807) is 12.1 Å². The Hall–Kier alpha value is -1.79. The van der Waals surface area contributed by atoms with Crippen molar-refractivity contribution in [1.29, 1.82) is 0 Å². The summed E-state index contributed by atoms with van der Waals surface area (Å²) in [6, 6.07) is 3.23. The first-order chi connectivity index (χ1) is 9.78. The van der Waals surface area contributed by atoms with Gasteiger partial charge in [-0.1, -0.05) is 0 Å². The van der Waals surface area contributed by atoms with E-state index in [0.717, 1.165) is 0 Å². The smallest absolute Gasteiger partial charge is 0.207 e. The Bertz CT molecular complexity index is 418. The van der Waals surface area contributed by atoms with Gasteiger partial charge in [0.2, 0.25) is 5.75 Å². The Kier molecular flexibility index (Phi) is 7.46. The van der Waals surface area contributed by atoms with Crippen molar-refractivity contribution in [2.75, 3.05) is 33.9 Å². The van der Waals surface area contributed by atoms with Crippen LogP contribution in [0.1, 0.15) is 24.2 Å². The van der Waals surface area contributed by atoms with E-state index < -0.39 is 0 Å². The highest BCUT2D eigenvalue weighted by molar-refractivity contribution is 5.82. The maximum absolute atomic E-state index is 11.0. The highest BCUT2D eigenvalue weighted by Crippen LogP contribution is 2.39. The monoisotopic (exact) mass is 284 g/mol. The van der Waals surface area contributed by atoms with Crippen LogP contribution in [0, 0.1) is 0 Å². The zero-order chi connectivity index (χ0) is 14.8. The number of ether oxygens (including phenoxy) is 5. The first kappa shape index (κ1) is 16.3. The van der Waals surface area contributed by atoms with Crippen LogP contribution in [0.5, 0.6) is 17.2 Å². The predicted molar refractivity (Wildman–Crippen MR) is 72.6 cm³/mol. The fourth-order valence-electron chi connectivity index (χ4n) is 1.49. The first-order valence-corrected chi connectivity index (χ1v) is 6.35. The van der Waals surface area contributed by atoms with Crippen molar-refractivity contribution >= 4 is 6.29 Å². The van der Waals surface area contributed by atoms with E-state index in [0.29, 0.717) is 42.3 Å². The molecule has 0 fully saturated rings. The molecule has 1 aromatic rings. The van der Waals surface area contributed by atoms with Gasteiger partial charge < -0.3 is 23.7 Å². The van der Waals surface area contributed by atoms with Crippen LogP contribution in [0.25, 0.3) is 0 Å². The Balaban J connectivity index is 2.97. The standard InChI is InChI=1S/C14H20O6/c1-4-17-9-19-12-7-6-11(8-15)13(16-3)14(12)20-10-18-5-2/h6-8H,4-5,9-10H2,1-3H3. The van der Waals surface area contributed by atoms with Gasteiger partial charge in [-0.25, -0.2) is 0 Å². The molecule has 0 aliphatic carbocycles. The predicted octanol–water partition coefficient (Wildman–Crippen LogP) is 2.25. The van der Waals surface area contributed by atoms with E-state index >= 15 is 0 Å². The molecule has 1 aromatic carbocycles. The van der Waals surface area contributed by atoms with E-state index in [-0.39, 0.29) is 13.6 Å². The summed E-state index contributed by atoms with van der Waals surface area (Å²) in [5.41, 5.74) is 0.378. The molecule has 0 aromatic heterocycles. The lowest BCUT2D eigenvalue weighted by Crippen LogP contribution is -2.08. The summed E-state index contributed by atoms with van der Waals surface area (Å²) in [4.78, 5) is 11.0. The van der Waals surface area contributed by atoms with Crippen molar-refractivity contribution in [3.63, 3.8) is 0 Å². The van der Waals surface area contributed by atoms with Crippen LogP contribution in [-0.4, -0.2) is 40.2 Å². The van der Waals surface area contributed by atoms with Crippen molar-refractivity contribution in [3.05, 3.63) is 17.7 Å². The summed E-state index contributed by atoms with van der Waals surface area (Å²) in [6.45, 7) is 4.91. The van der Waals surface area contributed by atoms with Crippen LogP contribution in [0.3, 0.4) is 0 Å². The number of aldehydes is 1. The molecule has 0 saturated carbocycles. The molecular formula is C14H20O6. The van der Waals surface area contributed by atoms with Gasteiger partial charge >= 0.3 is 0 Å². The number of hydrogen-bond donors (Lipinski definition) is 0. The first-order valence-electron chi connectivity index (χ1n) is 6.35. The number of methoxy groups -OCH3 is 1. The summed E-state index contributed by atoms with van der Waals surface area (Å²) in [7, 11) is 1.46. The molecular weight excluding hydrogens is 264 g/mol. The Labute approximate surface area is 118 Å². The number of hydrogen-bond acceptors (Lipinski definition) is 6. The van der Waals surface area contributed by atoms with Crippen molar-refractivity contribution in [1.82, 2.24) is 0 Å². The molecule has 6 heteroatoms. The van der Waals surface area contributed by atoms with E-state index in [9.17, 15) is 4.79 Å². The van der Waals surface area contributed by atoms with Crippen LogP contribution in [-0.2, 0) is 9.47 Å². The fourth-order valence-corrected chi connectivity index (χ4v) is 1.49. The van der Waals surface area contributed by atoms with E-state index in [4.69, 9.17) is 23.7 Å². The minimum absolute atomic E-state index is 0.0418. The summed E-state index contributed by atoms with van der Waals surface area (Å²) < 4.78 is 26.4. The van der Waals surface area contributed by atoms with Crippen LogP contribution in [0.2, 0.25) is 0 Å². The second-order valence-electron chi connectivity index (χ2n) is 3.64. The third kappa shape index (κ3) is 4.40. The molecule has 0 spiro atoms. The molecule has 0 heterocycles. The molecule has 0 amide bonds. The molecule has 0 saturated heterocycles. The van der Waals surface area contributed by atoms with E-state index in [1.165, 1.54) is 7.11 Å². The molecule has 0 aliphatic heterocycles. The third-order valence-electron chi connectivity index (χ3n) is 2.43. The molecule has 0 aliphatic rings. The van der Waals surface area contributed by atoms with Crippen molar-refractivity contribution < 1.29 is 28.5 Å². The van der Waals surface area contributed by atoms with E-state index in [2.05, 4.69) is 0 Å². The molecule has 0 N–H and O–H groups in total. The van der Waals surface area contributed by atoms with Gasteiger partial charge in [-0.2, -0.15) is 0 Å². The zero-order valence-electron chi connectivity index (χ0n) is 12.0. The molecule has 0 unspecified atom stereocenters. The minimum Gasteiger partial charge on any atom is -0.492 e. The van der Waals surface area contributed by atoms with E-state index in [1.807, 2.05) is 13.8 Å². The van der Waals surface area contributed by atoms with Gasteiger partial charge in [0.05, 0.1) is 12.7 Å². The van der Waals surface area contributed by atoms with Crippen molar-refractivity contribution in [2.45, 2.75) is 13.8 Å². The van der Waals surface area contributed by atoms with Gasteiger partial charge in [-0.05, 0) is 26.0 Å². The maximum atomic E-state index is 11.0. The highest BCUT2D eigenvalue weighted by atomic mass is 16.7. The van der Waals surface area contributed by atoms with Crippen molar-refractivity contribution in [3.8, 4) is 17.2 Å². The highest BCUT2D eigenvalue weighted by Gasteiger charge is 2.17. The lowest BCUT2D eigenvalue weighted by atomic mass is 10.2. The molecule has 112 valence electrons. The fraction of sp³-hybridized carbons (Fsp3) is 0.500. The lowest BCUT2D eigenvalue weighted by Gasteiger charge is -2.16. The van der Waals surface area contributed by atoms with Crippen LogP contribution in [0.4, 0.5) is 0 Å². The minimum atomic E-state index is 0.0418. The molecule has 6 nitrogen and oxygen atoms in total. The Morgan fingerprint density at radius 3 is 2.20 bits per heavy atom. The second kappa shape index (κ2) is 9.17. The van der Waals surface area contributed by atoms with Gasteiger partial charge in [0, 0.05) is 13.2 Å². The normalized spacial score (nSPS) is 10.2. The SMILES string of the molecule is CCOCOc1ccc(C=O)c(OC)c1OCOCC. The lowest BCUT2D eigenvalue weighted by molar-refractivity contribution is 0.00486. The number of carbonyl (C=O) groups excluding carboxylic acids is 1. The Morgan fingerprint density at radius 1 is 1.00 bits per heavy atom. The molecule has 0 radical (unpaired) electrons. The zero-order valence-corrected chi connectivity index (χ0v) is 12.0. The van der Waals surface area contributed by atoms with Crippen LogP contribution in [0.15, 0.2) is 12.1 Å².